The van der Waals surface area contributed by atoms with Gasteiger partial charge >= 0.3 is 0 Å². The van der Waals surface area contributed by atoms with Gasteiger partial charge in [-0.05, 0) is 47.2 Å². The minimum Gasteiger partial charge on any atom is -0.264 e. The molecule has 4 aromatic rings. The Morgan fingerprint density at radius 3 is 2.52 bits per heavy atom. The zero-order valence-electron chi connectivity index (χ0n) is 12.8. The number of aryl methyl sites for hydroxylation is 1. The number of pyridine rings is 1. The van der Waals surface area contributed by atoms with E-state index in [4.69, 9.17) is 0 Å². The third-order valence-electron chi connectivity index (χ3n) is 3.93. The molecule has 3 nitrogen and oxygen atoms in total. The van der Waals surface area contributed by atoms with Crippen molar-refractivity contribution >= 4 is 10.8 Å². The van der Waals surface area contributed by atoms with Gasteiger partial charge in [0.2, 0.25) is 0 Å². The number of benzene rings is 2. The van der Waals surface area contributed by atoms with Crippen molar-refractivity contribution in [2.45, 2.75) is 6.92 Å². The number of hydrogen-bond donors (Lipinski definition) is 0. The van der Waals surface area contributed by atoms with E-state index < -0.39 is 0 Å². The van der Waals surface area contributed by atoms with Crippen molar-refractivity contribution in [1.29, 1.82) is 0 Å². The first-order valence-electron chi connectivity index (χ1n) is 7.52. The highest BCUT2D eigenvalue weighted by Gasteiger charge is 2.07. The maximum atomic E-state index is 4.41. The fourth-order valence-corrected chi connectivity index (χ4v) is 2.91. The van der Waals surface area contributed by atoms with E-state index in [1.165, 1.54) is 22.1 Å². The summed E-state index contributed by atoms with van der Waals surface area (Å²) in [6.07, 6.45) is 8.95. The van der Waals surface area contributed by atoms with Crippen LogP contribution in [0.1, 0.15) is 5.56 Å². The number of aromatic nitrogens is 3. The largest absolute Gasteiger partial charge is 0.264 e. The maximum absolute atomic E-state index is 4.41. The minimum absolute atomic E-state index is 0.888. The van der Waals surface area contributed by atoms with Crippen LogP contribution in [0.25, 0.3) is 33.2 Å². The molecule has 0 N–H and O–H groups in total. The molecule has 0 fully saturated rings. The first kappa shape index (κ1) is 13.6. The maximum Gasteiger partial charge on any atom is 0.0885 e. The summed E-state index contributed by atoms with van der Waals surface area (Å²) in [6, 6.07) is 14.9. The van der Waals surface area contributed by atoms with E-state index in [0.717, 1.165) is 16.6 Å². The van der Waals surface area contributed by atoms with E-state index in [-0.39, 0.29) is 0 Å². The highest BCUT2D eigenvalue weighted by Crippen LogP contribution is 2.31. The molecule has 23 heavy (non-hydrogen) atoms. The summed E-state index contributed by atoms with van der Waals surface area (Å²) in [5.41, 5.74) is 5.56. The molecule has 0 unspecified atom stereocenters. The van der Waals surface area contributed by atoms with Gasteiger partial charge in [-0.15, -0.1) is 0 Å². The molecule has 2 aromatic carbocycles. The van der Waals surface area contributed by atoms with Crippen molar-refractivity contribution in [3.8, 4) is 22.4 Å². The zero-order valence-corrected chi connectivity index (χ0v) is 12.8. The standard InChI is InChI=1S/C20H15N3/c1-14-9-16(11-17(10-14)20-13-22-7-8-23-20)18-4-2-3-15-12-21-6-5-19(15)18/h2-13H,1H3. The van der Waals surface area contributed by atoms with Gasteiger partial charge in [-0.2, -0.15) is 0 Å². The molecule has 2 heterocycles. The third-order valence-corrected chi connectivity index (χ3v) is 3.93. The lowest BCUT2D eigenvalue weighted by molar-refractivity contribution is 1.20. The second kappa shape index (κ2) is 5.61. The highest BCUT2D eigenvalue weighted by atomic mass is 14.8. The SMILES string of the molecule is Cc1cc(-c2cnccn2)cc(-c2cccc3cnccc23)c1. The Balaban J connectivity index is 1.94. The lowest BCUT2D eigenvalue weighted by Gasteiger charge is -2.10. The molecule has 2 aromatic heterocycles. The predicted octanol–water partition coefficient (Wildman–Crippen LogP) is 4.67. The second-order valence-corrected chi connectivity index (χ2v) is 5.58. The predicted molar refractivity (Wildman–Crippen MR) is 92.9 cm³/mol. The van der Waals surface area contributed by atoms with Crippen molar-refractivity contribution in [1.82, 2.24) is 15.0 Å². The first-order chi connectivity index (χ1) is 11.3. The smallest absolute Gasteiger partial charge is 0.0885 e. The number of fused-ring (bicyclic) bond motifs is 1. The van der Waals surface area contributed by atoms with Crippen molar-refractivity contribution < 1.29 is 0 Å². The van der Waals surface area contributed by atoms with E-state index in [9.17, 15) is 0 Å². The average molecular weight is 297 g/mol. The van der Waals surface area contributed by atoms with Crippen LogP contribution in [-0.4, -0.2) is 15.0 Å². The molecule has 0 atom stereocenters. The van der Waals surface area contributed by atoms with Gasteiger partial charge in [0.05, 0.1) is 11.9 Å². The molecule has 0 aliphatic heterocycles. The molecule has 0 bridgehead atoms. The molecule has 0 saturated carbocycles. The molecule has 0 aliphatic rings. The molecule has 4 rings (SSSR count). The first-order valence-corrected chi connectivity index (χ1v) is 7.52. The molecule has 0 spiro atoms. The van der Waals surface area contributed by atoms with Gasteiger partial charge in [-0.1, -0.05) is 24.3 Å². The van der Waals surface area contributed by atoms with Crippen molar-refractivity contribution in [3.63, 3.8) is 0 Å². The van der Waals surface area contributed by atoms with Crippen LogP contribution in [0.15, 0.2) is 73.4 Å². The van der Waals surface area contributed by atoms with Gasteiger partial charge in [-0.3, -0.25) is 15.0 Å². The lowest BCUT2D eigenvalue weighted by atomic mass is 9.95. The van der Waals surface area contributed by atoms with E-state index >= 15 is 0 Å². The van der Waals surface area contributed by atoms with E-state index in [1.54, 1.807) is 18.6 Å². The van der Waals surface area contributed by atoms with Crippen molar-refractivity contribution in [2.75, 3.05) is 0 Å². The highest BCUT2D eigenvalue weighted by molar-refractivity contribution is 5.96. The van der Waals surface area contributed by atoms with Crippen molar-refractivity contribution in [3.05, 3.63) is 79.0 Å². The Labute approximate surface area is 134 Å². The van der Waals surface area contributed by atoms with Crippen LogP contribution in [0.5, 0.6) is 0 Å². The summed E-state index contributed by atoms with van der Waals surface area (Å²) >= 11 is 0. The van der Waals surface area contributed by atoms with Gasteiger partial charge in [0, 0.05) is 35.7 Å². The average Bonchev–Trinajstić information content (AvgIpc) is 2.61. The number of nitrogens with zero attached hydrogens (tertiary/aromatic N) is 3. The summed E-state index contributed by atoms with van der Waals surface area (Å²) < 4.78 is 0. The van der Waals surface area contributed by atoms with Crippen LogP contribution in [0, 0.1) is 6.92 Å². The number of rotatable bonds is 2. The lowest BCUT2D eigenvalue weighted by Crippen LogP contribution is -1.88. The van der Waals surface area contributed by atoms with Crippen LogP contribution in [-0.2, 0) is 0 Å². The molecular formula is C20H15N3. The molecule has 0 amide bonds. The van der Waals surface area contributed by atoms with Crippen LogP contribution in [0.3, 0.4) is 0 Å². The number of hydrogen-bond acceptors (Lipinski definition) is 3. The van der Waals surface area contributed by atoms with Gasteiger partial charge in [0.25, 0.3) is 0 Å². The van der Waals surface area contributed by atoms with E-state index in [1.807, 2.05) is 12.4 Å². The van der Waals surface area contributed by atoms with Crippen molar-refractivity contribution in [2.24, 2.45) is 0 Å². The quantitative estimate of drug-likeness (QED) is 0.540. The summed E-state index contributed by atoms with van der Waals surface area (Å²) in [7, 11) is 0. The summed E-state index contributed by atoms with van der Waals surface area (Å²) in [4.78, 5) is 12.8. The Morgan fingerprint density at radius 2 is 1.65 bits per heavy atom. The molecule has 0 aliphatic carbocycles. The Kier molecular flexibility index (Phi) is 3.31. The Morgan fingerprint density at radius 1 is 0.783 bits per heavy atom. The second-order valence-electron chi connectivity index (χ2n) is 5.58. The normalized spacial score (nSPS) is 10.8. The van der Waals surface area contributed by atoms with Gasteiger partial charge in [0.1, 0.15) is 0 Å². The van der Waals surface area contributed by atoms with Gasteiger partial charge < -0.3 is 0 Å². The minimum atomic E-state index is 0.888. The molecular weight excluding hydrogens is 282 g/mol. The third kappa shape index (κ3) is 2.57. The van der Waals surface area contributed by atoms with Crippen LogP contribution in [0.2, 0.25) is 0 Å². The molecule has 0 saturated heterocycles. The zero-order chi connectivity index (χ0) is 15.6. The molecule has 3 heteroatoms. The summed E-state index contributed by atoms with van der Waals surface area (Å²) in [5, 5.41) is 2.35. The monoisotopic (exact) mass is 297 g/mol. The molecule has 0 radical (unpaired) electrons. The van der Waals surface area contributed by atoms with E-state index in [0.29, 0.717) is 0 Å². The topological polar surface area (TPSA) is 38.7 Å². The van der Waals surface area contributed by atoms with E-state index in [2.05, 4.69) is 64.3 Å². The Bertz CT molecular complexity index is 973. The summed E-state index contributed by atoms with van der Waals surface area (Å²) in [5.74, 6) is 0. The molecule has 110 valence electrons. The van der Waals surface area contributed by atoms with Crippen LogP contribution >= 0.6 is 0 Å². The Hall–Kier alpha value is -3.07. The van der Waals surface area contributed by atoms with Gasteiger partial charge in [-0.25, -0.2) is 0 Å². The fraction of sp³-hybridized carbons (Fsp3) is 0.0500. The van der Waals surface area contributed by atoms with Crippen LogP contribution in [0.4, 0.5) is 0 Å². The van der Waals surface area contributed by atoms with Crippen LogP contribution < -0.4 is 0 Å². The summed E-state index contributed by atoms with van der Waals surface area (Å²) in [6.45, 7) is 2.11. The van der Waals surface area contributed by atoms with Gasteiger partial charge in [0.15, 0.2) is 0 Å². The fourth-order valence-electron chi connectivity index (χ4n) is 2.91.